The minimum atomic E-state index is -0.656. The van der Waals surface area contributed by atoms with Crippen molar-refractivity contribution < 1.29 is 14.3 Å². The van der Waals surface area contributed by atoms with Crippen molar-refractivity contribution in [3.8, 4) is 5.75 Å². The molecule has 0 unspecified atom stereocenters. The fourth-order valence-corrected chi connectivity index (χ4v) is 3.81. The van der Waals surface area contributed by atoms with E-state index in [-0.39, 0.29) is 18.2 Å². The summed E-state index contributed by atoms with van der Waals surface area (Å²) >= 11 is 0. The van der Waals surface area contributed by atoms with Gasteiger partial charge in [0.2, 0.25) is 5.91 Å². The van der Waals surface area contributed by atoms with Crippen LogP contribution in [0.4, 0.5) is 5.69 Å². The minimum absolute atomic E-state index is 0.0308. The number of nitrogens with zero attached hydrogens (tertiary/aromatic N) is 3. The number of rotatable bonds is 7. The Morgan fingerprint density at radius 2 is 1.97 bits per heavy atom. The molecule has 0 fully saturated rings. The van der Waals surface area contributed by atoms with Gasteiger partial charge in [0, 0.05) is 36.7 Å². The molecule has 1 atom stereocenters. The Balaban J connectivity index is 1.48. The first-order valence-corrected chi connectivity index (χ1v) is 9.92. The number of ether oxygens (including phenoxy) is 1. The van der Waals surface area contributed by atoms with E-state index in [0.717, 1.165) is 23.2 Å². The Labute approximate surface area is 175 Å². The molecule has 0 spiro atoms. The summed E-state index contributed by atoms with van der Waals surface area (Å²) in [6, 6.07) is 14.8. The molecule has 2 aromatic carbocycles. The first-order valence-electron chi connectivity index (χ1n) is 9.92. The molecule has 0 saturated carbocycles. The molecule has 1 N–H and O–H groups in total. The molecule has 0 aliphatic carbocycles. The van der Waals surface area contributed by atoms with Crippen LogP contribution >= 0.6 is 0 Å². The van der Waals surface area contributed by atoms with Crippen molar-refractivity contribution in [3.05, 3.63) is 78.4 Å². The van der Waals surface area contributed by atoms with Crippen LogP contribution < -0.4 is 15.0 Å². The van der Waals surface area contributed by atoms with E-state index in [4.69, 9.17) is 4.74 Å². The van der Waals surface area contributed by atoms with Gasteiger partial charge in [-0.25, -0.2) is 4.98 Å². The van der Waals surface area contributed by atoms with Crippen LogP contribution in [-0.4, -0.2) is 35.0 Å². The summed E-state index contributed by atoms with van der Waals surface area (Å²) in [5.74, 6) is 0.402. The maximum absolute atomic E-state index is 13.4. The van der Waals surface area contributed by atoms with Gasteiger partial charge in [-0.15, -0.1) is 0 Å². The molecular weight excluding hydrogens is 380 g/mol. The van der Waals surface area contributed by atoms with E-state index in [2.05, 4.69) is 10.3 Å². The molecule has 0 radical (unpaired) electrons. The number of methoxy groups -OCH3 is 1. The molecule has 154 valence electrons. The quantitative estimate of drug-likeness (QED) is 0.657. The summed E-state index contributed by atoms with van der Waals surface area (Å²) < 4.78 is 7.03. The van der Waals surface area contributed by atoms with E-state index >= 15 is 0 Å². The van der Waals surface area contributed by atoms with Crippen LogP contribution in [-0.2, 0) is 22.6 Å². The largest absolute Gasteiger partial charge is 0.496 e. The maximum Gasteiger partial charge on any atom is 0.250 e. The number of hydrogen-bond acceptors (Lipinski definition) is 4. The molecule has 30 heavy (non-hydrogen) atoms. The highest BCUT2D eigenvalue weighted by Crippen LogP contribution is 2.30. The predicted molar refractivity (Wildman–Crippen MR) is 113 cm³/mol. The number of hydrogen-bond donors (Lipinski definition) is 1. The molecule has 1 aliphatic heterocycles. The Bertz CT molecular complexity index is 1030. The molecule has 1 aliphatic rings. The normalized spacial score (nSPS) is 13.6. The average Bonchev–Trinajstić information content (AvgIpc) is 3.46. The lowest BCUT2D eigenvalue weighted by Crippen LogP contribution is -2.38. The van der Waals surface area contributed by atoms with Crippen molar-refractivity contribution in [1.82, 2.24) is 14.9 Å². The monoisotopic (exact) mass is 404 g/mol. The van der Waals surface area contributed by atoms with Gasteiger partial charge in [-0.2, -0.15) is 0 Å². The molecule has 2 heterocycles. The molecule has 0 saturated heterocycles. The molecule has 1 aromatic heterocycles. The van der Waals surface area contributed by atoms with Gasteiger partial charge >= 0.3 is 0 Å². The SMILES string of the molecule is COc1ccccc1CNC(=O)C[C@H](C(=O)N1CCc2ccccc21)n1ccnc1. The van der Waals surface area contributed by atoms with Crippen molar-refractivity contribution in [1.29, 1.82) is 0 Å². The second kappa shape index (κ2) is 8.82. The van der Waals surface area contributed by atoms with E-state index in [1.54, 1.807) is 35.3 Å². The summed E-state index contributed by atoms with van der Waals surface area (Å²) in [4.78, 5) is 32.0. The van der Waals surface area contributed by atoms with Gasteiger partial charge in [-0.05, 0) is 24.1 Å². The van der Waals surface area contributed by atoms with Crippen LogP contribution in [0, 0.1) is 0 Å². The van der Waals surface area contributed by atoms with Crippen LogP contribution in [0.2, 0.25) is 0 Å². The molecule has 0 bridgehead atoms. The number of anilines is 1. The topological polar surface area (TPSA) is 76.5 Å². The molecule has 7 nitrogen and oxygen atoms in total. The van der Waals surface area contributed by atoms with E-state index in [0.29, 0.717) is 18.8 Å². The highest BCUT2D eigenvalue weighted by Gasteiger charge is 2.32. The van der Waals surface area contributed by atoms with Crippen LogP contribution in [0.15, 0.2) is 67.3 Å². The summed E-state index contributed by atoms with van der Waals surface area (Å²) in [6.07, 6.45) is 5.77. The van der Waals surface area contributed by atoms with Gasteiger partial charge in [0.15, 0.2) is 0 Å². The summed E-state index contributed by atoms with van der Waals surface area (Å²) in [5.41, 5.74) is 2.95. The first-order chi connectivity index (χ1) is 14.7. The number of carbonyl (C=O) groups excluding carboxylic acids is 2. The van der Waals surface area contributed by atoms with Gasteiger partial charge < -0.3 is 19.5 Å². The van der Waals surface area contributed by atoms with Crippen LogP contribution in [0.25, 0.3) is 0 Å². The molecular formula is C23H24N4O3. The zero-order chi connectivity index (χ0) is 20.9. The number of carbonyl (C=O) groups is 2. The fraction of sp³-hybridized carbons (Fsp3) is 0.261. The summed E-state index contributed by atoms with van der Waals surface area (Å²) in [7, 11) is 1.60. The van der Waals surface area contributed by atoms with Crippen molar-refractivity contribution in [2.24, 2.45) is 0 Å². The van der Waals surface area contributed by atoms with E-state index < -0.39 is 6.04 Å². The number of amides is 2. The zero-order valence-corrected chi connectivity index (χ0v) is 16.8. The number of aromatic nitrogens is 2. The van der Waals surface area contributed by atoms with Gasteiger partial charge in [-0.3, -0.25) is 9.59 Å². The first kappa shape index (κ1) is 19.7. The molecule has 2 amide bonds. The van der Waals surface area contributed by atoms with Gasteiger partial charge in [-0.1, -0.05) is 36.4 Å². The van der Waals surface area contributed by atoms with Crippen molar-refractivity contribution in [2.45, 2.75) is 25.4 Å². The van der Waals surface area contributed by atoms with Gasteiger partial charge in [0.1, 0.15) is 11.8 Å². The minimum Gasteiger partial charge on any atom is -0.496 e. The third-order valence-corrected chi connectivity index (χ3v) is 5.37. The molecule has 7 heteroatoms. The number of imidazole rings is 1. The highest BCUT2D eigenvalue weighted by atomic mass is 16.5. The van der Waals surface area contributed by atoms with E-state index in [1.165, 1.54) is 0 Å². The molecule has 4 rings (SSSR count). The van der Waals surface area contributed by atoms with E-state index in [1.807, 2.05) is 48.5 Å². The maximum atomic E-state index is 13.4. The second-order valence-corrected chi connectivity index (χ2v) is 7.19. The van der Waals surface area contributed by atoms with Gasteiger partial charge in [0.25, 0.3) is 5.91 Å². The van der Waals surface area contributed by atoms with Gasteiger partial charge in [0.05, 0.1) is 19.9 Å². The van der Waals surface area contributed by atoms with Crippen molar-refractivity contribution in [3.63, 3.8) is 0 Å². The Hall–Kier alpha value is -3.61. The van der Waals surface area contributed by atoms with E-state index in [9.17, 15) is 9.59 Å². The lowest BCUT2D eigenvalue weighted by molar-refractivity contribution is -0.128. The number of benzene rings is 2. The average molecular weight is 404 g/mol. The Morgan fingerprint density at radius 3 is 2.77 bits per heavy atom. The zero-order valence-electron chi connectivity index (χ0n) is 16.8. The molecule has 3 aromatic rings. The van der Waals surface area contributed by atoms with Crippen LogP contribution in [0.5, 0.6) is 5.75 Å². The number of fused-ring (bicyclic) bond motifs is 1. The summed E-state index contributed by atoms with van der Waals surface area (Å²) in [5, 5.41) is 2.91. The van der Waals surface area contributed by atoms with Crippen molar-refractivity contribution in [2.75, 3.05) is 18.6 Å². The predicted octanol–water partition coefficient (Wildman–Crippen LogP) is 2.73. The van der Waals surface area contributed by atoms with Crippen molar-refractivity contribution >= 4 is 17.5 Å². The third kappa shape index (κ3) is 4.05. The lowest BCUT2D eigenvalue weighted by Gasteiger charge is -2.24. The Kier molecular flexibility index (Phi) is 5.79. The smallest absolute Gasteiger partial charge is 0.250 e. The Morgan fingerprint density at radius 1 is 1.17 bits per heavy atom. The van der Waals surface area contributed by atoms with Crippen LogP contribution in [0.1, 0.15) is 23.6 Å². The fourth-order valence-electron chi connectivity index (χ4n) is 3.81. The number of para-hydroxylation sites is 2. The van der Waals surface area contributed by atoms with Crippen LogP contribution in [0.3, 0.4) is 0 Å². The third-order valence-electron chi connectivity index (χ3n) is 5.37. The number of nitrogens with one attached hydrogen (secondary N) is 1. The second-order valence-electron chi connectivity index (χ2n) is 7.19. The standard InChI is InChI=1S/C23H24N4O3/c1-30-21-9-5-3-7-18(21)15-25-22(28)14-20(26-13-11-24-16-26)23(29)27-12-10-17-6-2-4-8-19(17)27/h2-9,11,13,16,20H,10,12,14-15H2,1H3,(H,25,28)/t20-/m1/s1. The highest BCUT2D eigenvalue weighted by molar-refractivity contribution is 6.00. The lowest BCUT2D eigenvalue weighted by atomic mass is 10.1. The summed E-state index contributed by atoms with van der Waals surface area (Å²) in [6.45, 7) is 0.951.